The average Bonchev–Trinajstić information content (AvgIpc) is 3.04. The highest BCUT2D eigenvalue weighted by Gasteiger charge is 2.26. The summed E-state index contributed by atoms with van der Waals surface area (Å²) in [6, 6.07) is 5.23. The molecule has 120 valence electrons. The van der Waals surface area contributed by atoms with Crippen molar-refractivity contribution in [3.8, 4) is 0 Å². The smallest absolute Gasteiger partial charge is 0.00954 e. The van der Waals surface area contributed by atoms with E-state index in [1.54, 1.807) is 4.88 Å². The summed E-state index contributed by atoms with van der Waals surface area (Å²) in [5, 5.41) is 6.06. The summed E-state index contributed by atoms with van der Waals surface area (Å²) >= 11 is 1.91. The third kappa shape index (κ3) is 5.75. The molecule has 0 aliphatic heterocycles. The van der Waals surface area contributed by atoms with Gasteiger partial charge in [-0.15, -0.1) is 11.3 Å². The predicted octanol–water partition coefficient (Wildman–Crippen LogP) is 5.66. The van der Waals surface area contributed by atoms with Crippen molar-refractivity contribution < 1.29 is 0 Å². The van der Waals surface area contributed by atoms with Gasteiger partial charge in [-0.1, -0.05) is 39.2 Å². The molecule has 0 saturated heterocycles. The molecule has 1 saturated carbocycles. The van der Waals surface area contributed by atoms with Crippen LogP contribution in [0.15, 0.2) is 17.5 Å². The summed E-state index contributed by atoms with van der Waals surface area (Å²) in [7, 11) is 0. The molecule has 1 N–H and O–H groups in total. The molecule has 1 unspecified atom stereocenters. The van der Waals surface area contributed by atoms with E-state index >= 15 is 0 Å². The van der Waals surface area contributed by atoms with Crippen molar-refractivity contribution in [3.63, 3.8) is 0 Å². The van der Waals surface area contributed by atoms with Crippen molar-refractivity contribution in [2.45, 2.75) is 77.7 Å². The number of nitrogens with one attached hydrogen (secondary N) is 1. The van der Waals surface area contributed by atoms with Crippen molar-refractivity contribution >= 4 is 11.3 Å². The number of rotatable bonds is 9. The minimum atomic E-state index is 0.766. The summed E-state index contributed by atoms with van der Waals surface area (Å²) in [5.41, 5.74) is 0. The Hall–Kier alpha value is -0.340. The van der Waals surface area contributed by atoms with Crippen LogP contribution in [0, 0.1) is 11.8 Å². The average molecular weight is 308 g/mol. The second-order valence-electron chi connectivity index (χ2n) is 6.72. The Balaban J connectivity index is 1.76. The Morgan fingerprint density at radius 1 is 1.24 bits per heavy atom. The highest BCUT2D eigenvalue weighted by Crippen LogP contribution is 2.33. The summed E-state index contributed by atoms with van der Waals surface area (Å²) in [6.07, 6.45) is 12.5. The Labute approximate surface area is 135 Å². The van der Waals surface area contributed by atoms with Gasteiger partial charge in [0.1, 0.15) is 0 Å². The number of hydrogen-bond donors (Lipinski definition) is 1. The van der Waals surface area contributed by atoms with E-state index in [4.69, 9.17) is 0 Å². The molecule has 2 rings (SSSR count). The lowest BCUT2D eigenvalue weighted by atomic mass is 9.76. The second kappa shape index (κ2) is 9.63. The van der Waals surface area contributed by atoms with Crippen LogP contribution < -0.4 is 5.32 Å². The molecular weight excluding hydrogens is 274 g/mol. The molecule has 1 nitrogen and oxygen atoms in total. The van der Waals surface area contributed by atoms with Crippen LogP contribution >= 0.6 is 11.3 Å². The molecule has 1 aliphatic carbocycles. The molecule has 1 fully saturated rings. The summed E-state index contributed by atoms with van der Waals surface area (Å²) in [6.45, 7) is 5.83. The first-order chi connectivity index (χ1) is 10.3. The maximum atomic E-state index is 3.86. The molecule has 0 bridgehead atoms. The molecule has 1 aliphatic rings. The normalized spacial score (nSPS) is 24.1. The summed E-state index contributed by atoms with van der Waals surface area (Å²) in [5.74, 6) is 1.95. The number of thiophene rings is 1. The molecule has 0 spiro atoms. The third-order valence-electron chi connectivity index (χ3n) is 5.21. The van der Waals surface area contributed by atoms with Gasteiger partial charge >= 0.3 is 0 Å². The SMILES string of the molecule is CCCNC(CCCc1cccs1)C1CCC(CC)CC1. The molecule has 1 atom stereocenters. The van der Waals surface area contributed by atoms with Crippen molar-refractivity contribution in [2.75, 3.05) is 6.54 Å². The molecule has 0 aromatic carbocycles. The van der Waals surface area contributed by atoms with Gasteiger partial charge in [-0.3, -0.25) is 0 Å². The zero-order valence-electron chi connectivity index (χ0n) is 13.9. The zero-order valence-corrected chi connectivity index (χ0v) is 14.8. The van der Waals surface area contributed by atoms with Crippen LogP contribution in [-0.4, -0.2) is 12.6 Å². The fourth-order valence-corrected chi connectivity index (χ4v) is 4.54. The summed E-state index contributed by atoms with van der Waals surface area (Å²) < 4.78 is 0. The van der Waals surface area contributed by atoms with Crippen molar-refractivity contribution in [1.82, 2.24) is 5.32 Å². The van der Waals surface area contributed by atoms with E-state index in [1.165, 1.54) is 64.3 Å². The van der Waals surface area contributed by atoms with Gasteiger partial charge in [0.2, 0.25) is 0 Å². The van der Waals surface area contributed by atoms with Crippen LogP contribution in [-0.2, 0) is 6.42 Å². The second-order valence-corrected chi connectivity index (χ2v) is 7.75. The third-order valence-corrected chi connectivity index (χ3v) is 6.15. The number of hydrogen-bond acceptors (Lipinski definition) is 2. The monoisotopic (exact) mass is 307 g/mol. The predicted molar refractivity (Wildman–Crippen MR) is 95.1 cm³/mol. The fraction of sp³-hybridized carbons (Fsp3) is 0.789. The van der Waals surface area contributed by atoms with E-state index < -0.39 is 0 Å². The summed E-state index contributed by atoms with van der Waals surface area (Å²) in [4.78, 5) is 1.55. The van der Waals surface area contributed by atoms with Crippen molar-refractivity contribution in [3.05, 3.63) is 22.4 Å². The van der Waals surface area contributed by atoms with Gasteiger partial charge in [0, 0.05) is 10.9 Å². The van der Waals surface area contributed by atoms with E-state index in [1.807, 2.05) is 11.3 Å². The minimum Gasteiger partial charge on any atom is -0.314 e. The van der Waals surface area contributed by atoms with Gasteiger partial charge in [-0.25, -0.2) is 0 Å². The molecule has 1 aromatic rings. The van der Waals surface area contributed by atoms with Gasteiger partial charge in [-0.2, -0.15) is 0 Å². The topological polar surface area (TPSA) is 12.0 Å². The molecular formula is C19H33NS. The van der Waals surface area contributed by atoms with E-state index in [0.29, 0.717) is 0 Å². The highest BCUT2D eigenvalue weighted by molar-refractivity contribution is 7.09. The van der Waals surface area contributed by atoms with E-state index in [9.17, 15) is 0 Å². The Kier molecular flexibility index (Phi) is 7.81. The molecule has 0 amide bonds. The first kappa shape index (κ1) is 17.0. The minimum absolute atomic E-state index is 0.766. The van der Waals surface area contributed by atoms with E-state index in [2.05, 4.69) is 36.7 Å². The van der Waals surface area contributed by atoms with Gasteiger partial charge < -0.3 is 5.32 Å². The van der Waals surface area contributed by atoms with Gasteiger partial charge in [0.15, 0.2) is 0 Å². The van der Waals surface area contributed by atoms with Gasteiger partial charge in [-0.05, 0) is 68.4 Å². The molecule has 1 heterocycles. The number of aryl methyl sites for hydroxylation is 1. The molecule has 2 heteroatoms. The Morgan fingerprint density at radius 2 is 2.05 bits per heavy atom. The lowest BCUT2D eigenvalue weighted by Gasteiger charge is -2.34. The van der Waals surface area contributed by atoms with E-state index in [-0.39, 0.29) is 0 Å². The van der Waals surface area contributed by atoms with Crippen molar-refractivity contribution in [2.24, 2.45) is 11.8 Å². The standard InChI is InChI=1S/C19H33NS/c1-3-14-20-19(9-5-7-18-8-6-15-21-18)17-12-10-16(4-2)11-13-17/h6,8,15-17,19-20H,3-5,7,9-14H2,1-2H3. The quantitative estimate of drug-likeness (QED) is 0.621. The van der Waals surface area contributed by atoms with Crippen LogP contribution in [0.2, 0.25) is 0 Å². The fourth-order valence-electron chi connectivity index (χ4n) is 3.78. The lowest BCUT2D eigenvalue weighted by Crippen LogP contribution is -2.38. The zero-order chi connectivity index (χ0) is 14.9. The van der Waals surface area contributed by atoms with Crippen molar-refractivity contribution in [1.29, 1.82) is 0 Å². The highest BCUT2D eigenvalue weighted by atomic mass is 32.1. The van der Waals surface area contributed by atoms with Gasteiger partial charge in [0.25, 0.3) is 0 Å². The maximum absolute atomic E-state index is 3.86. The largest absolute Gasteiger partial charge is 0.314 e. The lowest BCUT2D eigenvalue weighted by molar-refractivity contribution is 0.209. The van der Waals surface area contributed by atoms with Crippen LogP contribution in [0.3, 0.4) is 0 Å². The van der Waals surface area contributed by atoms with E-state index in [0.717, 1.165) is 17.9 Å². The van der Waals surface area contributed by atoms with Crippen LogP contribution in [0.25, 0.3) is 0 Å². The molecule has 0 radical (unpaired) electrons. The first-order valence-electron chi connectivity index (χ1n) is 9.09. The first-order valence-corrected chi connectivity index (χ1v) is 9.97. The van der Waals surface area contributed by atoms with Crippen LogP contribution in [0.1, 0.15) is 70.1 Å². The maximum Gasteiger partial charge on any atom is 0.00954 e. The van der Waals surface area contributed by atoms with Crippen LogP contribution in [0.5, 0.6) is 0 Å². The van der Waals surface area contributed by atoms with Crippen LogP contribution in [0.4, 0.5) is 0 Å². The Morgan fingerprint density at radius 3 is 2.67 bits per heavy atom. The van der Waals surface area contributed by atoms with Gasteiger partial charge in [0.05, 0.1) is 0 Å². The molecule has 1 aromatic heterocycles. The Bertz CT molecular complexity index is 352. The molecule has 21 heavy (non-hydrogen) atoms.